The zero-order valence-corrected chi connectivity index (χ0v) is 11.5. The first kappa shape index (κ1) is 13.0. The highest BCUT2D eigenvalue weighted by atomic mass is 16.1. The molecule has 0 aliphatic carbocycles. The van der Waals surface area contributed by atoms with Crippen molar-refractivity contribution in [1.82, 2.24) is 9.55 Å². The fraction of sp³-hybridized carbons (Fsp3) is 0.267. The van der Waals surface area contributed by atoms with Crippen LogP contribution < -0.4 is 5.69 Å². The molecule has 0 atom stereocenters. The van der Waals surface area contributed by atoms with Crippen LogP contribution in [-0.4, -0.2) is 9.55 Å². The van der Waals surface area contributed by atoms with Gasteiger partial charge in [0.1, 0.15) is 6.07 Å². The molecule has 96 valence electrons. The fourth-order valence-electron chi connectivity index (χ4n) is 2.04. The maximum Gasteiger partial charge on any atom is 0.347 e. The summed E-state index contributed by atoms with van der Waals surface area (Å²) in [5.74, 6) is 0. The number of aryl methyl sites for hydroxylation is 2. The molecule has 4 heteroatoms. The topological polar surface area (TPSA) is 58.7 Å². The molecule has 1 heterocycles. The van der Waals surface area contributed by atoms with Crippen LogP contribution >= 0.6 is 0 Å². The molecule has 1 aromatic heterocycles. The summed E-state index contributed by atoms with van der Waals surface area (Å²) in [6, 6.07) is 6.00. The van der Waals surface area contributed by atoms with Gasteiger partial charge in [-0.3, -0.25) is 0 Å². The first-order chi connectivity index (χ1) is 8.95. The number of benzene rings is 1. The second kappa shape index (κ2) is 4.69. The molecule has 0 saturated carbocycles. The second-order valence-electron chi connectivity index (χ2n) is 4.69. The molecule has 1 aromatic carbocycles. The van der Waals surface area contributed by atoms with Crippen molar-refractivity contribution in [3.05, 3.63) is 51.1 Å². The van der Waals surface area contributed by atoms with Gasteiger partial charge in [0, 0.05) is 18.8 Å². The van der Waals surface area contributed by atoms with Crippen LogP contribution in [0, 0.1) is 32.1 Å². The molecule has 0 aliphatic heterocycles. The lowest BCUT2D eigenvalue weighted by Crippen LogP contribution is -2.21. The van der Waals surface area contributed by atoms with Crippen LogP contribution in [0.5, 0.6) is 0 Å². The van der Waals surface area contributed by atoms with Crippen molar-refractivity contribution >= 4 is 0 Å². The fourth-order valence-corrected chi connectivity index (χ4v) is 2.04. The lowest BCUT2D eigenvalue weighted by Gasteiger charge is -2.12. The van der Waals surface area contributed by atoms with E-state index in [1.54, 1.807) is 7.05 Å². The Labute approximate surface area is 112 Å². The van der Waals surface area contributed by atoms with Gasteiger partial charge in [0.2, 0.25) is 0 Å². The summed E-state index contributed by atoms with van der Waals surface area (Å²) >= 11 is 0. The molecule has 0 radical (unpaired) electrons. The Kier molecular flexibility index (Phi) is 3.22. The highest BCUT2D eigenvalue weighted by Crippen LogP contribution is 2.27. The van der Waals surface area contributed by atoms with Crippen LogP contribution in [0.25, 0.3) is 11.3 Å². The summed E-state index contributed by atoms with van der Waals surface area (Å²) < 4.78 is 1.32. The van der Waals surface area contributed by atoms with Crippen molar-refractivity contribution in [2.75, 3.05) is 0 Å². The summed E-state index contributed by atoms with van der Waals surface area (Å²) in [6.07, 6.45) is 1.53. The molecule has 4 nitrogen and oxygen atoms in total. The zero-order valence-electron chi connectivity index (χ0n) is 11.5. The molecule has 0 aliphatic rings. The summed E-state index contributed by atoms with van der Waals surface area (Å²) in [4.78, 5) is 15.7. The van der Waals surface area contributed by atoms with Gasteiger partial charge in [0.25, 0.3) is 0 Å². The summed E-state index contributed by atoms with van der Waals surface area (Å²) in [7, 11) is 1.59. The van der Waals surface area contributed by atoms with Crippen molar-refractivity contribution in [3.63, 3.8) is 0 Å². The Balaban J connectivity index is 2.80. The van der Waals surface area contributed by atoms with Crippen LogP contribution in [0.2, 0.25) is 0 Å². The van der Waals surface area contributed by atoms with Gasteiger partial charge in [-0.2, -0.15) is 10.2 Å². The second-order valence-corrected chi connectivity index (χ2v) is 4.69. The Morgan fingerprint density at radius 1 is 1.21 bits per heavy atom. The van der Waals surface area contributed by atoms with E-state index in [9.17, 15) is 10.1 Å². The molecule has 0 amide bonds. The van der Waals surface area contributed by atoms with Crippen LogP contribution in [0.3, 0.4) is 0 Å². The van der Waals surface area contributed by atoms with Crippen LogP contribution in [0.4, 0.5) is 0 Å². The third-order valence-corrected chi connectivity index (χ3v) is 3.52. The van der Waals surface area contributed by atoms with E-state index in [1.165, 1.54) is 16.3 Å². The van der Waals surface area contributed by atoms with Crippen LogP contribution in [0.15, 0.2) is 23.1 Å². The first-order valence-electron chi connectivity index (χ1n) is 6.00. The molecule has 0 saturated heterocycles. The van der Waals surface area contributed by atoms with Crippen LogP contribution in [0.1, 0.15) is 22.3 Å². The Morgan fingerprint density at radius 3 is 2.53 bits per heavy atom. The molecule has 2 rings (SSSR count). The molecule has 0 bridgehead atoms. The van der Waals surface area contributed by atoms with Crippen molar-refractivity contribution in [2.24, 2.45) is 7.05 Å². The molecular weight excluding hydrogens is 238 g/mol. The van der Waals surface area contributed by atoms with Gasteiger partial charge < -0.3 is 4.57 Å². The molecule has 2 aromatic rings. The third-order valence-electron chi connectivity index (χ3n) is 3.52. The van der Waals surface area contributed by atoms with Crippen molar-refractivity contribution < 1.29 is 0 Å². The van der Waals surface area contributed by atoms with Gasteiger partial charge in [-0.15, -0.1) is 0 Å². The minimum absolute atomic E-state index is 0.355. The maximum absolute atomic E-state index is 11.7. The number of rotatable bonds is 1. The maximum atomic E-state index is 11.7. The van der Waals surface area contributed by atoms with Crippen molar-refractivity contribution in [2.45, 2.75) is 20.8 Å². The highest BCUT2D eigenvalue weighted by Gasteiger charge is 2.13. The summed E-state index contributed by atoms with van der Waals surface area (Å²) in [5, 5.41) is 9.20. The van der Waals surface area contributed by atoms with Crippen molar-refractivity contribution in [1.29, 1.82) is 5.26 Å². The highest BCUT2D eigenvalue weighted by molar-refractivity contribution is 5.70. The lowest BCUT2D eigenvalue weighted by atomic mass is 9.95. The summed E-state index contributed by atoms with van der Waals surface area (Å²) in [6.45, 7) is 6.05. The third kappa shape index (κ3) is 2.15. The molecule has 19 heavy (non-hydrogen) atoms. The number of hydrogen-bond acceptors (Lipinski definition) is 3. The van der Waals surface area contributed by atoms with Gasteiger partial charge in [-0.1, -0.05) is 12.1 Å². The van der Waals surface area contributed by atoms with Crippen molar-refractivity contribution in [3.8, 4) is 17.3 Å². The van der Waals surface area contributed by atoms with Gasteiger partial charge in [0.05, 0.1) is 11.3 Å². The van der Waals surface area contributed by atoms with E-state index in [0.29, 0.717) is 11.3 Å². The number of nitriles is 1. The standard InChI is InChI=1S/C15H15N3O/c1-9-5-6-13(11(3)10(9)2)14-12(7-16)8-18(4)15(19)17-14/h5-6,8H,1-4H3. The van der Waals surface area contributed by atoms with Gasteiger partial charge in [0.15, 0.2) is 0 Å². The quantitative estimate of drug-likeness (QED) is 0.783. The number of hydrogen-bond donors (Lipinski definition) is 0. The molecule has 0 N–H and O–H groups in total. The zero-order chi connectivity index (χ0) is 14.2. The predicted octanol–water partition coefficient (Wildman–Crippen LogP) is 2.24. The van der Waals surface area contributed by atoms with E-state index < -0.39 is 0 Å². The predicted molar refractivity (Wildman–Crippen MR) is 73.8 cm³/mol. The Bertz CT molecular complexity index is 751. The average Bonchev–Trinajstić information content (AvgIpc) is 2.39. The van der Waals surface area contributed by atoms with Gasteiger partial charge in [-0.05, 0) is 37.5 Å². The monoisotopic (exact) mass is 253 g/mol. The van der Waals surface area contributed by atoms with E-state index >= 15 is 0 Å². The summed E-state index contributed by atoms with van der Waals surface area (Å²) in [5.41, 5.74) is 4.76. The first-order valence-corrected chi connectivity index (χ1v) is 6.00. The van der Waals surface area contributed by atoms with Gasteiger partial charge >= 0.3 is 5.69 Å². The van der Waals surface area contributed by atoms with E-state index in [-0.39, 0.29) is 5.69 Å². The minimum Gasteiger partial charge on any atom is -0.301 e. The van der Waals surface area contributed by atoms with E-state index in [4.69, 9.17) is 0 Å². The molecule has 0 unspecified atom stereocenters. The number of aromatic nitrogens is 2. The smallest absolute Gasteiger partial charge is 0.301 e. The van der Waals surface area contributed by atoms with E-state index in [1.807, 2.05) is 32.9 Å². The lowest BCUT2D eigenvalue weighted by molar-refractivity contribution is 0.809. The molecule has 0 spiro atoms. The molecule has 0 fully saturated rings. The van der Waals surface area contributed by atoms with Crippen LogP contribution in [-0.2, 0) is 7.05 Å². The van der Waals surface area contributed by atoms with Gasteiger partial charge in [-0.25, -0.2) is 4.79 Å². The van der Waals surface area contributed by atoms with E-state index in [0.717, 1.165) is 16.7 Å². The molecular formula is C15H15N3O. The Hall–Kier alpha value is -2.41. The van der Waals surface area contributed by atoms with E-state index in [2.05, 4.69) is 11.1 Å². The number of nitrogens with zero attached hydrogens (tertiary/aromatic N) is 3. The SMILES string of the molecule is Cc1ccc(-c2nc(=O)n(C)cc2C#N)c(C)c1C. The normalized spacial score (nSPS) is 10.3. The average molecular weight is 253 g/mol. The minimum atomic E-state index is -0.355. The largest absolute Gasteiger partial charge is 0.347 e. The Morgan fingerprint density at radius 2 is 1.89 bits per heavy atom.